The molecule has 0 unspecified atom stereocenters. The molecule has 5 nitrogen and oxygen atoms in total. The van der Waals surface area contributed by atoms with Crippen LogP contribution in [0.1, 0.15) is 23.7 Å². The van der Waals surface area contributed by atoms with E-state index in [0.717, 1.165) is 18.2 Å². The fraction of sp³-hybridized carbons (Fsp3) is 0.364. The summed E-state index contributed by atoms with van der Waals surface area (Å²) in [7, 11) is -2.54. The van der Waals surface area contributed by atoms with Gasteiger partial charge in [-0.3, -0.25) is 4.79 Å². The summed E-state index contributed by atoms with van der Waals surface area (Å²) in [6.45, 7) is 2.31. The zero-order valence-corrected chi connectivity index (χ0v) is 11.0. The van der Waals surface area contributed by atoms with Gasteiger partial charge in [-0.25, -0.2) is 17.9 Å². The Morgan fingerprint density at radius 3 is 2.56 bits per heavy atom. The predicted octanol–water partition coefficient (Wildman–Crippen LogP) is 0.955. The lowest BCUT2D eigenvalue weighted by atomic mass is 10.2. The summed E-state index contributed by atoms with van der Waals surface area (Å²) in [4.78, 5) is 13.0. The van der Waals surface area contributed by atoms with Gasteiger partial charge in [0.1, 0.15) is 5.82 Å². The Labute approximate surface area is 105 Å². The van der Waals surface area contributed by atoms with Gasteiger partial charge in [-0.1, -0.05) is 6.92 Å². The highest BCUT2D eigenvalue weighted by molar-refractivity contribution is 7.89. The van der Waals surface area contributed by atoms with E-state index < -0.39 is 21.7 Å². The molecule has 100 valence electrons. The van der Waals surface area contributed by atoms with E-state index in [1.165, 1.54) is 11.9 Å². The Morgan fingerprint density at radius 2 is 2.06 bits per heavy atom. The lowest BCUT2D eigenvalue weighted by Gasteiger charge is -2.17. The molecule has 18 heavy (non-hydrogen) atoms. The molecule has 1 aromatic carbocycles. The molecule has 0 aliphatic carbocycles. The number of rotatable bonds is 4. The Bertz CT molecular complexity index is 557. The first kappa shape index (κ1) is 14.6. The van der Waals surface area contributed by atoms with Crippen molar-refractivity contribution in [3.05, 3.63) is 29.6 Å². The molecule has 0 aromatic heterocycles. The number of hydrogen-bond acceptors (Lipinski definition) is 3. The quantitative estimate of drug-likeness (QED) is 0.887. The Morgan fingerprint density at radius 1 is 1.44 bits per heavy atom. The number of amides is 1. The van der Waals surface area contributed by atoms with Crippen LogP contribution in [0.25, 0.3) is 0 Å². The van der Waals surface area contributed by atoms with E-state index in [1.807, 2.05) is 6.92 Å². The van der Waals surface area contributed by atoms with E-state index in [-0.39, 0.29) is 10.5 Å². The standard InChI is InChI=1S/C11H15FN2O3S/c1-3-6-14(2)11(15)9-7-8(12)4-5-10(9)18(13,16)17/h4-5,7H,3,6H2,1-2H3,(H2,13,16,17). The van der Waals surface area contributed by atoms with Crippen LogP contribution in [0.4, 0.5) is 4.39 Å². The third-order valence-electron chi connectivity index (χ3n) is 2.38. The molecule has 0 saturated carbocycles. The number of nitrogens with two attached hydrogens (primary N) is 1. The second-order valence-corrected chi connectivity index (χ2v) is 5.44. The second kappa shape index (κ2) is 5.45. The molecule has 0 atom stereocenters. The van der Waals surface area contributed by atoms with Crippen LogP contribution in [0.2, 0.25) is 0 Å². The largest absolute Gasteiger partial charge is 0.342 e. The summed E-state index contributed by atoms with van der Waals surface area (Å²) < 4.78 is 35.8. The molecule has 0 fully saturated rings. The van der Waals surface area contributed by atoms with Crippen molar-refractivity contribution in [1.29, 1.82) is 0 Å². The monoisotopic (exact) mass is 274 g/mol. The minimum absolute atomic E-state index is 0.242. The van der Waals surface area contributed by atoms with E-state index in [9.17, 15) is 17.6 Å². The Kier molecular flexibility index (Phi) is 4.42. The number of hydrogen-bond donors (Lipinski definition) is 1. The van der Waals surface area contributed by atoms with Crippen LogP contribution in [0.3, 0.4) is 0 Å². The minimum atomic E-state index is -4.06. The molecular formula is C11H15FN2O3S. The van der Waals surface area contributed by atoms with Crippen LogP contribution in [0, 0.1) is 5.82 Å². The summed E-state index contributed by atoms with van der Waals surface area (Å²) in [6.07, 6.45) is 0.711. The van der Waals surface area contributed by atoms with Gasteiger partial charge in [-0.2, -0.15) is 0 Å². The first-order valence-electron chi connectivity index (χ1n) is 5.35. The van der Waals surface area contributed by atoms with Crippen molar-refractivity contribution in [1.82, 2.24) is 4.90 Å². The number of carbonyl (C=O) groups is 1. The minimum Gasteiger partial charge on any atom is -0.342 e. The van der Waals surface area contributed by atoms with Gasteiger partial charge < -0.3 is 4.90 Å². The molecule has 1 rings (SSSR count). The molecule has 0 aliphatic heterocycles. The van der Waals surface area contributed by atoms with Gasteiger partial charge in [0.05, 0.1) is 10.5 Å². The van der Waals surface area contributed by atoms with Crippen LogP contribution in [0.5, 0.6) is 0 Å². The highest BCUT2D eigenvalue weighted by atomic mass is 32.2. The molecule has 0 spiro atoms. The van der Waals surface area contributed by atoms with Gasteiger partial charge in [0.2, 0.25) is 10.0 Å². The molecule has 2 N–H and O–H groups in total. The molecule has 0 heterocycles. The van der Waals surface area contributed by atoms with Crippen LogP contribution >= 0.6 is 0 Å². The third-order valence-corrected chi connectivity index (χ3v) is 3.35. The Hall–Kier alpha value is -1.47. The summed E-state index contributed by atoms with van der Waals surface area (Å²) >= 11 is 0. The summed E-state index contributed by atoms with van der Waals surface area (Å²) in [6, 6.07) is 2.84. The Balaban J connectivity index is 3.30. The van der Waals surface area contributed by atoms with Gasteiger partial charge in [0.15, 0.2) is 0 Å². The molecule has 7 heteroatoms. The van der Waals surface area contributed by atoms with Crippen molar-refractivity contribution in [2.45, 2.75) is 18.2 Å². The van der Waals surface area contributed by atoms with Crippen molar-refractivity contribution < 1.29 is 17.6 Å². The lowest BCUT2D eigenvalue weighted by molar-refractivity contribution is 0.0791. The van der Waals surface area contributed by atoms with Crippen molar-refractivity contribution in [3.63, 3.8) is 0 Å². The average molecular weight is 274 g/mol. The number of halogens is 1. The maximum Gasteiger partial charge on any atom is 0.255 e. The molecule has 1 amide bonds. The van der Waals surface area contributed by atoms with Crippen molar-refractivity contribution in [2.75, 3.05) is 13.6 Å². The summed E-state index contributed by atoms with van der Waals surface area (Å²) in [5.74, 6) is -1.25. The first-order valence-corrected chi connectivity index (χ1v) is 6.89. The van der Waals surface area contributed by atoms with Crippen LogP contribution < -0.4 is 5.14 Å². The lowest BCUT2D eigenvalue weighted by Crippen LogP contribution is -2.29. The van der Waals surface area contributed by atoms with E-state index >= 15 is 0 Å². The van der Waals surface area contributed by atoms with Crippen LogP contribution in [-0.2, 0) is 10.0 Å². The zero-order valence-electron chi connectivity index (χ0n) is 10.2. The van der Waals surface area contributed by atoms with Crippen molar-refractivity contribution in [2.24, 2.45) is 5.14 Å². The smallest absolute Gasteiger partial charge is 0.255 e. The van der Waals surface area contributed by atoms with Gasteiger partial charge in [0.25, 0.3) is 5.91 Å². The molecule has 1 aromatic rings. The maximum atomic E-state index is 13.1. The number of benzene rings is 1. The molecular weight excluding hydrogens is 259 g/mol. The normalized spacial score (nSPS) is 11.3. The number of carbonyl (C=O) groups excluding carboxylic acids is 1. The van der Waals surface area contributed by atoms with Gasteiger partial charge in [0, 0.05) is 13.6 Å². The number of nitrogens with zero attached hydrogens (tertiary/aromatic N) is 1. The van der Waals surface area contributed by atoms with Crippen molar-refractivity contribution in [3.8, 4) is 0 Å². The van der Waals surface area contributed by atoms with E-state index in [2.05, 4.69) is 0 Å². The van der Waals surface area contributed by atoms with Crippen LogP contribution in [-0.4, -0.2) is 32.8 Å². The molecule has 0 bridgehead atoms. The average Bonchev–Trinajstić information content (AvgIpc) is 2.26. The highest BCUT2D eigenvalue weighted by Crippen LogP contribution is 2.17. The van der Waals surface area contributed by atoms with E-state index in [0.29, 0.717) is 13.0 Å². The van der Waals surface area contributed by atoms with Gasteiger partial charge >= 0.3 is 0 Å². The van der Waals surface area contributed by atoms with Crippen LogP contribution in [0.15, 0.2) is 23.1 Å². The molecule has 0 aliphatic rings. The van der Waals surface area contributed by atoms with Crippen molar-refractivity contribution >= 4 is 15.9 Å². The topological polar surface area (TPSA) is 80.5 Å². The SMILES string of the molecule is CCCN(C)C(=O)c1cc(F)ccc1S(N)(=O)=O. The van der Waals surface area contributed by atoms with E-state index in [1.54, 1.807) is 0 Å². The highest BCUT2D eigenvalue weighted by Gasteiger charge is 2.22. The number of sulfonamides is 1. The third kappa shape index (κ3) is 3.27. The first-order chi connectivity index (χ1) is 8.27. The number of primary sulfonamides is 1. The summed E-state index contributed by atoms with van der Waals surface area (Å²) in [5.41, 5.74) is -0.242. The summed E-state index contributed by atoms with van der Waals surface area (Å²) in [5, 5.41) is 5.00. The maximum absolute atomic E-state index is 13.1. The van der Waals surface area contributed by atoms with Gasteiger partial charge in [-0.05, 0) is 24.6 Å². The molecule has 0 radical (unpaired) electrons. The fourth-order valence-corrected chi connectivity index (χ4v) is 2.27. The zero-order chi connectivity index (χ0) is 13.9. The fourth-order valence-electron chi connectivity index (χ4n) is 1.56. The van der Waals surface area contributed by atoms with E-state index in [4.69, 9.17) is 5.14 Å². The second-order valence-electron chi connectivity index (χ2n) is 3.91. The predicted molar refractivity (Wildman–Crippen MR) is 65.0 cm³/mol. The van der Waals surface area contributed by atoms with Gasteiger partial charge in [-0.15, -0.1) is 0 Å². The molecule has 0 saturated heterocycles.